The smallest absolute Gasteiger partial charge is 0.201 e. The van der Waals surface area contributed by atoms with Gasteiger partial charge in [0.1, 0.15) is 7.05 Å². The highest BCUT2D eigenvalue weighted by Gasteiger charge is 2.23. The molecular weight excluding hydrogens is 326 g/mol. The lowest BCUT2D eigenvalue weighted by Gasteiger charge is -2.15. The summed E-state index contributed by atoms with van der Waals surface area (Å²) in [7, 11) is 1.82. The highest BCUT2D eigenvalue weighted by molar-refractivity contribution is 5.74. The standard InChI is InChI=1S/C26H30N/c1-18-9-5-8-12-23(18)22-14-13-19(2)25(15-22)26-16-24(20(3)17-27(26)4)21-10-6-7-11-21/h5,8-9,12-17,21H,6-7,10-11H2,1-4H3/q+1/i1D3,3D3,21D. The second kappa shape index (κ2) is 7.31. The molecule has 2 aromatic carbocycles. The van der Waals surface area contributed by atoms with Crippen molar-refractivity contribution in [1.29, 1.82) is 0 Å². The Morgan fingerprint density at radius 2 is 1.70 bits per heavy atom. The molecule has 4 rings (SSSR count). The van der Waals surface area contributed by atoms with E-state index in [2.05, 4.69) is 0 Å². The van der Waals surface area contributed by atoms with Crippen molar-refractivity contribution in [1.82, 2.24) is 0 Å². The van der Waals surface area contributed by atoms with E-state index < -0.39 is 19.6 Å². The highest BCUT2D eigenvalue weighted by Crippen LogP contribution is 2.37. The molecule has 1 saturated carbocycles. The van der Waals surface area contributed by atoms with Crippen LogP contribution in [0.25, 0.3) is 22.4 Å². The first-order chi connectivity index (χ1) is 15.8. The number of pyridine rings is 1. The molecule has 0 unspecified atom stereocenters. The highest BCUT2D eigenvalue weighted by atomic mass is 14.9. The van der Waals surface area contributed by atoms with Gasteiger partial charge in [-0.25, -0.2) is 4.57 Å². The van der Waals surface area contributed by atoms with Crippen molar-refractivity contribution in [3.63, 3.8) is 0 Å². The Bertz CT molecular complexity index is 1220. The van der Waals surface area contributed by atoms with Gasteiger partial charge >= 0.3 is 0 Å². The first kappa shape index (κ1) is 11.4. The molecule has 1 nitrogen and oxygen atoms in total. The van der Waals surface area contributed by atoms with Gasteiger partial charge in [-0.05, 0) is 73.2 Å². The average Bonchev–Trinajstić information content (AvgIpc) is 3.20. The van der Waals surface area contributed by atoms with Crippen molar-refractivity contribution in [3.05, 3.63) is 77.0 Å². The monoisotopic (exact) mass is 363 g/mol. The fraction of sp³-hybridized carbons (Fsp3) is 0.346. The van der Waals surface area contributed by atoms with Crippen molar-refractivity contribution in [3.8, 4) is 22.4 Å². The van der Waals surface area contributed by atoms with E-state index in [-0.39, 0.29) is 5.56 Å². The molecule has 0 bridgehead atoms. The zero-order valence-electron chi connectivity index (χ0n) is 23.0. The molecule has 1 aromatic heterocycles. The minimum absolute atomic E-state index is 0.234. The zero-order chi connectivity index (χ0) is 24.9. The molecule has 138 valence electrons. The lowest BCUT2D eigenvalue weighted by Crippen LogP contribution is -2.32. The Hall–Kier alpha value is -2.41. The van der Waals surface area contributed by atoms with Gasteiger partial charge in [0.2, 0.25) is 5.69 Å². The SMILES string of the molecule is [2H]C([2H])([2H])c1ccccc1-c1ccc(C)c(-c2cc(C3([2H])CCCC3)c(C([2H])([2H])[2H])c[n+]2C)c1. The van der Waals surface area contributed by atoms with Crippen LogP contribution in [0.5, 0.6) is 0 Å². The number of nitrogens with zero attached hydrogens (tertiary/aromatic N) is 1. The van der Waals surface area contributed by atoms with Crippen LogP contribution in [-0.4, -0.2) is 0 Å². The zero-order valence-corrected chi connectivity index (χ0v) is 16.0. The van der Waals surface area contributed by atoms with Gasteiger partial charge in [0, 0.05) is 26.8 Å². The van der Waals surface area contributed by atoms with Crippen LogP contribution >= 0.6 is 0 Å². The second-order valence-corrected chi connectivity index (χ2v) is 7.48. The van der Waals surface area contributed by atoms with Crippen molar-refractivity contribution in [2.75, 3.05) is 0 Å². The van der Waals surface area contributed by atoms with Gasteiger partial charge in [0.05, 0.1) is 0 Å². The molecule has 0 radical (unpaired) electrons. The van der Waals surface area contributed by atoms with Crippen LogP contribution < -0.4 is 4.57 Å². The summed E-state index contributed by atoms with van der Waals surface area (Å²) < 4.78 is 59.0. The number of hydrogen-bond donors (Lipinski definition) is 0. The molecular formula is C26H30N+. The molecule has 1 fully saturated rings. The fourth-order valence-electron chi connectivity index (χ4n) is 4.08. The molecule has 0 aliphatic heterocycles. The summed E-state index contributed by atoms with van der Waals surface area (Å²) in [6, 6.07) is 14.7. The Morgan fingerprint density at radius 1 is 0.926 bits per heavy atom. The molecule has 27 heavy (non-hydrogen) atoms. The van der Waals surface area contributed by atoms with Gasteiger partial charge in [0.15, 0.2) is 6.20 Å². The van der Waals surface area contributed by atoms with E-state index in [1.165, 1.54) is 0 Å². The second-order valence-electron chi connectivity index (χ2n) is 7.48. The lowest BCUT2D eigenvalue weighted by atomic mass is 9.91. The minimum Gasteiger partial charge on any atom is -0.201 e. The van der Waals surface area contributed by atoms with Gasteiger partial charge in [-0.2, -0.15) is 0 Å². The molecule has 1 aliphatic rings. The first-order valence-electron chi connectivity index (χ1n) is 13.1. The van der Waals surface area contributed by atoms with Crippen LogP contribution in [0.4, 0.5) is 0 Å². The van der Waals surface area contributed by atoms with Crippen molar-refractivity contribution in [2.45, 2.75) is 52.2 Å². The summed E-state index contributed by atoms with van der Waals surface area (Å²) in [4.78, 5) is 0. The average molecular weight is 364 g/mol. The molecule has 1 heterocycles. The van der Waals surface area contributed by atoms with Crippen LogP contribution in [0.15, 0.2) is 54.7 Å². The van der Waals surface area contributed by atoms with Crippen LogP contribution in [-0.2, 0) is 7.05 Å². The van der Waals surface area contributed by atoms with Crippen LogP contribution in [0.3, 0.4) is 0 Å². The van der Waals surface area contributed by atoms with E-state index >= 15 is 0 Å². The van der Waals surface area contributed by atoms with Gasteiger partial charge in [0.25, 0.3) is 0 Å². The Balaban J connectivity index is 1.93. The summed E-state index contributed by atoms with van der Waals surface area (Å²) in [6.07, 6.45) is 4.78. The van der Waals surface area contributed by atoms with Crippen molar-refractivity contribution in [2.24, 2.45) is 7.05 Å². The van der Waals surface area contributed by atoms with E-state index in [0.717, 1.165) is 35.2 Å². The molecule has 0 atom stereocenters. The molecule has 0 spiro atoms. The number of aryl methyl sites for hydroxylation is 4. The summed E-state index contributed by atoms with van der Waals surface area (Å²) in [5.74, 6) is -0.911. The maximum absolute atomic E-state index is 9.08. The van der Waals surface area contributed by atoms with E-state index in [4.69, 9.17) is 9.60 Å². The van der Waals surface area contributed by atoms with Crippen LogP contribution in [0, 0.1) is 20.6 Å². The molecule has 0 N–H and O–H groups in total. The third-order valence-corrected chi connectivity index (χ3v) is 5.61. The van der Waals surface area contributed by atoms with Gasteiger partial charge in [-0.15, -0.1) is 0 Å². The normalized spacial score (nSPS) is 20.6. The summed E-state index contributed by atoms with van der Waals surface area (Å²) in [5.41, 5.74) is 5.23. The van der Waals surface area contributed by atoms with Crippen molar-refractivity contribution >= 4 is 0 Å². The summed E-state index contributed by atoms with van der Waals surface area (Å²) in [6.45, 7) is -2.56. The number of rotatable bonds is 3. The van der Waals surface area contributed by atoms with Gasteiger partial charge in [-0.3, -0.25) is 0 Å². The topological polar surface area (TPSA) is 3.88 Å². The number of hydrogen-bond acceptors (Lipinski definition) is 0. The number of benzene rings is 2. The third kappa shape index (κ3) is 3.43. The van der Waals surface area contributed by atoms with Gasteiger partial charge in [-0.1, -0.05) is 49.2 Å². The maximum Gasteiger partial charge on any atom is 0.212 e. The van der Waals surface area contributed by atoms with Crippen LogP contribution in [0.1, 0.15) is 63.4 Å². The van der Waals surface area contributed by atoms with E-state index in [0.29, 0.717) is 29.5 Å². The Morgan fingerprint density at radius 3 is 2.48 bits per heavy atom. The Labute approximate surface area is 173 Å². The van der Waals surface area contributed by atoms with E-state index in [1.807, 2.05) is 54.9 Å². The predicted octanol–water partition coefficient (Wildman–Crippen LogP) is 6.43. The third-order valence-electron chi connectivity index (χ3n) is 5.61. The maximum atomic E-state index is 9.08. The van der Waals surface area contributed by atoms with E-state index in [9.17, 15) is 0 Å². The largest absolute Gasteiger partial charge is 0.212 e. The lowest BCUT2D eigenvalue weighted by molar-refractivity contribution is -0.660. The first-order valence-corrected chi connectivity index (χ1v) is 9.57. The minimum atomic E-state index is -2.31. The fourth-order valence-corrected chi connectivity index (χ4v) is 4.08. The molecule has 3 aromatic rings. The molecule has 1 aliphatic carbocycles. The van der Waals surface area contributed by atoms with Crippen LogP contribution in [0.2, 0.25) is 0 Å². The molecule has 1 heteroatoms. The summed E-state index contributed by atoms with van der Waals surface area (Å²) in [5, 5.41) is 0. The Kier molecular flexibility index (Phi) is 3.10. The summed E-state index contributed by atoms with van der Waals surface area (Å²) >= 11 is 0. The van der Waals surface area contributed by atoms with E-state index in [1.54, 1.807) is 18.3 Å². The van der Waals surface area contributed by atoms with Crippen molar-refractivity contribution < 1.29 is 14.2 Å². The quantitative estimate of drug-likeness (QED) is 0.472. The van der Waals surface area contributed by atoms with Gasteiger partial charge < -0.3 is 0 Å². The molecule has 0 amide bonds. The predicted molar refractivity (Wildman–Crippen MR) is 114 cm³/mol. The number of aromatic nitrogens is 1. The molecule has 0 saturated heterocycles.